The number of rotatable bonds is 5. The number of amides is 1. The minimum atomic E-state index is -0.0967. The number of halogens is 1. The molecule has 3 nitrogen and oxygen atoms in total. The Morgan fingerprint density at radius 2 is 2.06 bits per heavy atom. The molecule has 1 aromatic carbocycles. The molecule has 0 aliphatic heterocycles. The molecule has 1 N–H and O–H groups in total. The molecule has 0 aliphatic rings. The van der Waals surface area contributed by atoms with E-state index in [0.717, 1.165) is 6.42 Å². The van der Waals surface area contributed by atoms with Crippen LogP contribution in [0.1, 0.15) is 23.7 Å². The maximum absolute atomic E-state index is 11.8. The van der Waals surface area contributed by atoms with Crippen LogP contribution in [-0.4, -0.2) is 25.7 Å². The second-order valence-electron chi connectivity index (χ2n) is 3.54. The van der Waals surface area contributed by atoms with Crippen LogP contribution >= 0.6 is 11.6 Å². The van der Waals surface area contributed by atoms with Gasteiger partial charge in [-0.05, 0) is 30.7 Å². The first-order chi connectivity index (χ1) is 7.67. The molecule has 0 aromatic heterocycles. The smallest absolute Gasteiger partial charge is 0.251 e. The van der Waals surface area contributed by atoms with Gasteiger partial charge in [0.15, 0.2) is 0 Å². The lowest BCUT2D eigenvalue weighted by Gasteiger charge is -2.15. The van der Waals surface area contributed by atoms with E-state index >= 15 is 0 Å². The van der Waals surface area contributed by atoms with Crippen LogP contribution in [0.4, 0.5) is 0 Å². The fourth-order valence-corrected chi connectivity index (χ4v) is 1.46. The zero-order chi connectivity index (χ0) is 12.0. The van der Waals surface area contributed by atoms with Crippen molar-refractivity contribution < 1.29 is 9.53 Å². The minimum absolute atomic E-state index is 0.0492. The highest BCUT2D eigenvalue weighted by Crippen LogP contribution is 2.09. The van der Waals surface area contributed by atoms with Gasteiger partial charge in [0.1, 0.15) is 0 Å². The highest BCUT2D eigenvalue weighted by molar-refractivity contribution is 6.30. The van der Waals surface area contributed by atoms with E-state index in [1.165, 1.54) is 0 Å². The molecule has 88 valence electrons. The average Bonchev–Trinajstić information content (AvgIpc) is 2.29. The third-order valence-corrected chi connectivity index (χ3v) is 2.55. The van der Waals surface area contributed by atoms with E-state index < -0.39 is 0 Å². The van der Waals surface area contributed by atoms with Crippen molar-refractivity contribution in [2.45, 2.75) is 19.4 Å². The normalized spacial score (nSPS) is 12.2. The number of nitrogens with one attached hydrogen (secondary N) is 1. The maximum Gasteiger partial charge on any atom is 0.251 e. The topological polar surface area (TPSA) is 38.3 Å². The quantitative estimate of drug-likeness (QED) is 0.860. The molecule has 0 saturated heterocycles. The van der Waals surface area contributed by atoms with Gasteiger partial charge >= 0.3 is 0 Å². The molecule has 1 rings (SSSR count). The molecule has 0 saturated carbocycles. The largest absolute Gasteiger partial charge is 0.383 e. The molecule has 0 aliphatic carbocycles. The Kier molecular flexibility index (Phi) is 5.29. The summed E-state index contributed by atoms with van der Waals surface area (Å²) in [5, 5.41) is 3.52. The fourth-order valence-electron chi connectivity index (χ4n) is 1.33. The van der Waals surface area contributed by atoms with Gasteiger partial charge in [0.2, 0.25) is 0 Å². The zero-order valence-electron chi connectivity index (χ0n) is 9.50. The Morgan fingerprint density at radius 3 is 2.56 bits per heavy atom. The monoisotopic (exact) mass is 241 g/mol. The van der Waals surface area contributed by atoms with Crippen molar-refractivity contribution in [2.24, 2.45) is 0 Å². The number of ether oxygens (including phenoxy) is 1. The summed E-state index contributed by atoms with van der Waals surface area (Å²) < 4.78 is 5.01. The molecular formula is C12H16ClNO2. The van der Waals surface area contributed by atoms with Crippen LogP contribution in [-0.2, 0) is 4.74 Å². The van der Waals surface area contributed by atoms with Gasteiger partial charge in [-0.15, -0.1) is 0 Å². The first-order valence-corrected chi connectivity index (χ1v) is 5.60. The molecule has 0 radical (unpaired) electrons. The molecule has 1 aromatic rings. The van der Waals surface area contributed by atoms with Crippen molar-refractivity contribution in [3.63, 3.8) is 0 Å². The summed E-state index contributed by atoms with van der Waals surface area (Å²) in [6.45, 7) is 2.53. The second kappa shape index (κ2) is 6.51. The highest BCUT2D eigenvalue weighted by atomic mass is 35.5. The van der Waals surface area contributed by atoms with Gasteiger partial charge in [-0.1, -0.05) is 18.5 Å². The highest BCUT2D eigenvalue weighted by Gasteiger charge is 2.11. The number of methoxy groups -OCH3 is 1. The predicted molar refractivity (Wildman–Crippen MR) is 64.9 cm³/mol. The van der Waals surface area contributed by atoms with Crippen molar-refractivity contribution in [1.82, 2.24) is 5.32 Å². The SMILES string of the molecule is CCC(COC)NC(=O)c1ccc(Cl)cc1. The first-order valence-electron chi connectivity index (χ1n) is 5.22. The molecule has 0 spiro atoms. The lowest BCUT2D eigenvalue weighted by Crippen LogP contribution is -2.37. The van der Waals surface area contributed by atoms with Crippen LogP contribution in [0.5, 0.6) is 0 Å². The van der Waals surface area contributed by atoms with E-state index in [9.17, 15) is 4.79 Å². The van der Waals surface area contributed by atoms with Gasteiger partial charge in [-0.3, -0.25) is 4.79 Å². The van der Waals surface area contributed by atoms with Crippen LogP contribution in [0.15, 0.2) is 24.3 Å². The van der Waals surface area contributed by atoms with Crippen LogP contribution < -0.4 is 5.32 Å². The van der Waals surface area contributed by atoms with E-state index in [-0.39, 0.29) is 11.9 Å². The van der Waals surface area contributed by atoms with E-state index in [1.807, 2.05) is 6.92 Å². The Bertz CT molecular complexity index is 337. The summed E-state index contributed by atoms with van der Waals surface area (Å²) in [5.41, 5.74) is 0.610. The number of benzene rings is 1. The Balaban J connectivity index is 2.60. The summed E-state index contributed by atoms with van der Waals surface area (Å²) in [4.78, 5) is 11.8. The van der Waals surface area contributed by atoms with Crippen molar-refractivity contribution in [2.75, 3.05) is 13.7 Å². The van der Waals surface area contributed by atoms with Crippen LogP contribution in [0, 0.1) is 0 Å². The van der Waals surface area contributed by atoms with E-state index in [1.54, 1.807) is 31.4 Å². The number of carbonyl (C=O) groups excluding carboxylic acids is 1. The molecule has 1 amide bonds. The Morgan fingerprint density at radius 1 is 1.44 bits per heavy atom. The van der Waals surface area contributed by atoms with Crippen molar-refractivity contribution in [3.8, 4) is 0 Å². The Hall–Kier alpha value is -1.06. The van der Waals surface area contributed by atoms with Gasteiger partial charge in [0.05, 0.1) is 12.6 Å². The van der Waals surface area contributed by atoms with E-state index in [2.05, 4.69) is 5.32 Å². The second-order valence-corrected chi connectivity index (χ2v) is 3.98. The maximum atomic E-state index is 11.8. The van der Waals surface area contributed by atoms with Gasteiger partial charge < -0.3 is 10.1 Å². The van der Waals surface area contributed by atoms with Crippen molar-refractivity contribution in [3.05, 3.63) is 34.9 Å². The van der Waals surface area contributed by atoms with Gasteiger partial charge in [-0.2, -0.15) is 0 Å². The standard InChI is InChI=1S/C12H16ClNO2/c1-3-11(8-16-2)14-12(15)9-4-6-10(13)7-5-9/h4-7,11H,3,8H2,1-2H3,(H,14,15). The summed E-state index contributed by atoms with van der Waals surface area (Å²) >= 11 is 5.75. The van der Waals surface area contributed by atoms with Crippen LogP contribution in [0.25, 0.3) is 0 Å². The van der Waals surface area contributed by atoms with Gasteiger partial charge in [-0.25, -0.2) is 0 Å². The summed E-state index contributed by atoms with van der Waals surface area (Å²) in [6.07, 6.45) is 0.840. The fraction of sp³-hybridized carbons (Fsp3) is 0.417. The van der Waals surface area contributed by atoms with Crippen LogP contribution in [0.2, 0.25) is 5.02 Å². The lowest BCUT2D eigenvalue weighted by molar-refractivity contribution is 0.0894. The summed E-state index contributed by atoms with van der Waals surface area (Å²) in [6, 6.07) is 6.86. The van der Waals surface area contributed by atoms with Crippen molar-refractivity contribution in [1.29, 1.82) is 0 Å². The summed E-state index contributed by atoms with van der Waals surface area (Å²) in [7, 11) is 1.62. The predicted octanol–water partition coefficient (Wildman–Crippen LogP) is 2.49. The van der Waals surface area contributed by atoms with Crippen LogP contribution in [0.3, 0.4) is 0 Å². The molecule has 0 fully saturated rings. The molecule has 16 heavy (non-hydrogen) atoms. The first kappa shape index (κ1) is 13.0. The average molecular weight is 242 g/mol. The molecule has 1 atom stereocenters. The molecular weight excluding hydrogens is 226 g/mol. The van der Waals surface area contributed by atoms with Gasteiger partial charge in [0.25, 0.3) is 5.91 Å². The minimum Gasteiger partial charge on any atom is -0.383 e. The van der Waals surface area contributed by atoms with Gasteiger partial charge in [0, 0.05) is 17.7 Å². The van der Waals surface area contributed by atoms with E-state index in [4.69, 9.17) is 16.3 Å². The zero-order valence-corrected chi connectivity index (χ0v) is 10.3. The number of carbonyl (C=O) groups is 1. The molecule has 4 heteroatoms. The van der Waals surface area contributed by atoms with Crippen molar-refractivity contribution >= 4 is 17.5 Å². The molecule has 1 unspecified atom stereocenters. The molecule has 0 heterocycles. The number of hydrogen-bond acceptors (Lipinski definition) is 2. The third kappa shape index (κ3) is 3.83. The summed E-state index contributed by atoms with van der Waals surface area (Å²) in [5.74, 6) is -0.0967. The lowest BCUT2D eigenvalue weighted by atomic mass is 10.2. The van der Waals surface area contributed by atoms with E-state index in [0.29, 0.717) is 17.2 Å². The third-order valence-electron chi connectivity index (χ3n) is 2.30. The Labute approximate surface area is 101 Å². The molecule has 0 bridgehead atoms. The number of hydrogen-bond donors (Lipinski definition) is 1.